The van der Waals surface area contributed by atoms with Gasteiger partial charge in [-0.05, 0) is 19.0 Å². The average Bonchev–Trinajstić information content (AvgIpc) is 2.03. The van der Waals surface area contributed by atoms with Gasteiger partial charge in [-0.15, -0.1) is 5.73 Å². The lowest BCUT2D eigenvalue weighted by Gasteiger charge is -2.13. The summed E-state index contributed by atoms with van der Waals surface area (Å²) >= 11 is 0. The second-order valence-electron chi connectivity index (χ2n) is 2.43. The van der Waals surface area contributed by atoms with Crippen molar-refractivity contribution >= 4 is 0 Å². The summed E-state index contributed by atoms with van der Waals surface area (Å²) in [6, 6.07) is 0.419. The Labute approximate surface area is 71.2 Å². The molecule has 1 atom stereocenters. The van der Waals surface area contributed by atoms with Crippen LogP contribution in [0, 0.1) is 5.92 Å². The van der Waals surface area contributed by atoms with Gasteiger partial charge in [0.05, 0.1) is 0 Å². The first-order chi connectivity index (χ1) is 5.22. The average molecular weight is 155 g/mol. The summed E-state index contributed by atoms with van der Waals surface area (Å²) in [5, 5.41) is 3.14. The molecule has 11 heavy (non-hydrogen) atoms. The van der Waals surface area contributed by atoms with Crippen LogP contribution >= 0.6 is 0 Å². The molecule has 0 radical (unpaired) electrons. The molecule has 66 valence electrons. The van der Waals surface area contributed by atoms with E-state index in [-0.39, 0.29) is 0 Å². The van der Waals surface area contributed by atoms with E-state index in [1.54, 1.807) is 0 Å². The van der Waals surface area contributed by atoms with Crippen LogP contribution in [0.25, 0.3) is 0 Å². The smallest absolute Gasteiger partial charge is 0.0345 e. The Morgan fingerprint density at radius 3 is 1.91 bits per heavy atom. The van der Waals surface area contributed by atoms with Crippen molar-refractivity contribution in [1.82, 2.24) is 5.32 Å². The minimum Gasteiger partial charge on any atom is -0.313 e. The van der Waals surface area contributed by atoms with Crippen LogP contribution in [-0.2, 0) is 0 Å². The van der Waals surface area contributed by atoms with E-state index in [4.69, 9.17) is 0 Å². The lowest BCUT2D eigenvalue weighted by molar-refractivity contribution is 0.500. The van der Waals surface area contributed by atoms with Crippen LogP contribution in [0.4, 0.5) is 0 Å². The van der Waals surface area contributed by atoms with Crippen LogP contribution in [-0.4, -0.2) is 13.1 Å². The van der Waals surface area contributed by atoms with Crippen LogP contribution in [0.1, 0.15) is 27.7 Å². The Morgan fingerprint density at radius 1 is 1.36 bits per heavy atom. The molecular formula is C10H21N. The van der Waals surface area contributed by atoms with Crippen molar-refractivity contribution in [1.29, 1.82) is 0 Å². The van der Waals surface area contributed by atoms with Crippen LogP contribution in [0.15, 0.2) is 18.4 Å². The Balaban J connectivity index is 0. The number of hydrogen-bond acceptors (Lipinski definition) is 1. The highest BCUT2D eigenvalue weighted by molar-refractivity contribution is 4.90. The normalized spacial score (nSPS) is 11.1. The first-order valence-corrected chi connectivity index (χ1v) is 4.25. The van der Waals surface area contributed by atoms with Gasteiger partial charge in [0.2, 0.25) is 0 Å². The van der Waals surface area contributed by atoms with Gasteiger partial charge >= 0.3 is 0 Å². The molecule has 0 spiro atoms. The fourth-order valence-corrected chi connectivity index (χ4v) is 0.736. The Bertz CT molecular complexity index is 110. The molecule has 0 aliphatic rings. The first kappa shape index (κ1) is 13.1. The summed E-state index contributed by atoms with van der Waals surface area (Å²) in [6.07, 6.45) is 1.95. The van der Waals surface area contributed by atoms with Gasteiger partial charge in [0.1, 0.15) is 0 Å². The fourth-order valence-electron chi connectivity index (χ4n) is 0.736. The van der Waals surface area contributed by atoms with E-state index in [0.717, 1.165) is 0 Å². The maximum absolute atomic E-state index is 3.51. The lowest BCUT2D eigenvalue weighted by atomic mass is 10.1. The molecule has 1 unspecified atom stereocenters. The molecule has 0 aliphatic heterocycles. The van der Waals surface area contributed by atoms with Gasteiger partial charge in [0.15, 0.2) is 0 Å². The highest BCUT2D eigenvalue weighted by Crippen LogP contribution is 2.00. The molecular weight excluding hydrogens is 134 g/mol. The van der Waals surface area contributed by atoms with Crippen LogP contribution in [0.5, 0.6) is 0 Å². The number of likely N-dealkylation sites (N-methyl/N-ethyl adjacent to an activating group) is 1. The van der Waals surface area contributed by atoms with E-state index in [1.165, 1.54) is 0 Å². The predicted molar refractivity (Wildman–Crippen MR) is 52.7 cm³/mol. The number of nitrogens with one attached hydrogen (secondary N) is 1. The van der Waals surface area contributed by atoms with Gasteiger partial charge < -0.3 is 5.32 Å². The summed E-state index contributed by atoms with van der Waals surface area (Å²) in [6.45, 7) is 11.8. The molecule has 0 aliphatic carbocycles. The Hall–Kier alpha value is -0.520. The largest absolute Gasteiger partial charge is 0.313 e. The van der Waals surface area contributed by atoms with Crippen molar-refractivity contribution in [2.24, 2.45) is 5.92 Å². The maximum atomic E-state index is 3.51. The van der Waals surface area contributed by atoms with Crippen molar-refractivity contribution in [3.05, 3.63) is 18.4 Å². The Kier molecular flexibility index (Phi) is 11.3. The molecule has 1 nitrogen and oxygen atoms in total. The quantitative estimate of drug-likeness (QED) is 0.618. The monoisotopic (exact) mass is 155 g/mol. The zero-order valence-corrected chi connectivity index (χ0v) is 8.44. The zero-order chi connectivity index (χ0) is 9.28. The first-order valence-electron chi connectivity index (χ1n) is 4.25. The summed E-state index contributed by atoms with van der Waals surface area (Å²) < 4.78 is 0. The van der Waals surface area contributed by atoms with E-state index < -0.39 is 0 Å². The highest BCUT2D eigenvalue weighted by Gasteiger charge is 2.04. The molecule has 0 amide bonds. The highest BCUT2D eigenvalue weighted by atomic mass is 14.9. The van der Waals surface area contributed by atoms with E-state index in [1.807, 2.05) is 27.0 Å². The van der Waals surface area contributed by atoms with E-state index in [0.29, 0.717) is 12.0 Å². The molecule has 0 saturated carbocycles. The fraction of sp³-hybridized carbons (Fsp3) is 0.700. The van der Waals surface area contributed by atoms with E-state index >= 15 is 0 Å². The molecule has 0 saturated heterocycles. The standard InChI is InChI=1S/C8H15N.C2H6/c1-5-6-8(9-4)7(2)3;1-2/h6-9H,1H2,2-4H3;1-2H3. The third kappa shape index (κ3) is 7.38. The van der Waals surface area contributed by atoms with Crippen molar-refractivity contribution in [3.63, 3.8) is 0 Å². The zero-order valence-electron chi connectivity index (χ0n) is 8.44. The SMILES string of the molecule is C=C=CC(NC)C(C)C.CC. The molecule has 0 heterocycles. The van der Waals surface area contributed by atoms with Gasteiger partial charge in [-0.2, -0.15) is 0 Å². The number of rotatable bonds is 3. The predicted octanol–water partition coefficient (Wildman–Crippen LogP) is 2.60. The van der Waals surface area contributed by atoms with Gasteiger partial charge in [-0.25, -0.2) is 0 Å². The third-order valence-electron chi connectivity index (χ3n) is 1.35. The van der Waals surface area contributed by atoms with Gasteiger partial charge in [0.25, 0.3) is 0 Å². The van der Waals surface area contributed by atoms with Crippen molar-refractivity contribution in [2.45, 2.75) is 33.7 Å². The van der Waals surface area contributed by atoms with Crippen molar-refractivity contribution < 1.29 is 0 Å². The molecule has 0 fully saturated rings. The van der Waals surface area contributed by atoms with E-state index in [2.05, 4.69) is 31.5 Å². The number of hydrogen-bond donors (Lipinski definition) is 1. The van der Waals surface area contributed by atoms with Gasteiger partial charge in [-0.1, -0.05) is 34.3 Å². The lowest BCUT2D eigenvalue weighted by Crippen LogP contribution is -2.27. The molecule has 0 aromatic rings. The van der Waals surface area contributed by atoms with Gasteiger partial charge in [0, 0.05) is 6.04 Å². The minimum absolute atomic E-state index is 0.419. The molecule has 0 rings (SSSR count). The van der Waals surface area contributed by atoms with Crippen LogP contribution in [0.2, 0.25) is 0 Å². The summed E-state index contributed by atoms with van der Waals surface area (Å²) in [4.78, 5) is 0. The van der Waals surface area contributed by atoms with Crippen molar-refractivity contribution in [2.75, 3.05) is 7.05 Å². The maximum Gasteiger partial charge on any atom is 0.0345 e. The van der Waals surface area contributed by atoms with Crippen LogP contribution < -0.4 is 5.32 Å². The Morgan fingerprint density at radius 2 is 1.82 bits per heavy atom. The molecule has 0 aromatic heterocycles. The summed E-state index contributed by atoms with van der Waals surface area (Å²) in [5.74, 6) is 0.615. The molecule has 0 aromatic carbocycles. The van der Waals surface area contributed by atoms with Crippen molar-refractivity contribution in [3.8, 4) is 0 Å². The second-order valence-corrected chi connectivity index (χ2v) is 2.43. The third-order valence-corrected chi connectivity index (χ3v) is 1.35. The van der Waals surface area contributed by atoms with Crippen LogP contribution in [0.3, 0.4) is 0 Å². The summed E-state index contributed by atoms with van der Waals surface area (Å²) in [5.41, 5.74) is 2.76. The topological polar surface area (TPSA) is 12.0 Å². The summed E-state index contributed by atoms with van der Waals surface area (Å²) in [7, 11) is 1.94. The minimum atomic E-state index is 0.419. The molecule has 1 N–H and O–H groups in total. The molecule has 1 heteroatoms. The molecule has 0 bridgehead atoms. The van der Waals surface area contributed by atoms with E-state index in [9.17, 15) is 0 Å². The second kappa shape index (κ2) is 9.48. The van der Waals surface area contributed by atoms with Gasteiger partial charge in [-0.3, -0.25) is 0 Å².